The summed E-state index contributed by atoms with van der Waals surface area (Å²) in [6.45, 7) is 3.89. The van der Waals surface area contributed by atoms with Gasteiger partial charge in [0.15, 0.2) is 5.78 Å². The highest BCUT2D eigenvalue weighted by atomic mass is 79.9. The number of aromatic nitrogens is 2. The summed E-state index contributed by atoms with van der Waals surface area (Å²) in [5, 5.41) is 4.32. The Balaban J connectivity index is 2.15. The molecule has 3 nitrogen and oxygen atoms in total. The minimum absolute atomic E-state index is 0.138. The Hall–Kier alpha value is -1.49. The van der Waals surface area contributed by atoms with E-state index in [0.29, 0.717) is 10.9 Å². The van der Waals surface area contributed by atoms with Crippen molar-refractivity contribution in [2.75, 3.05) is 0 Å². The molecule has 0 bridgehead atoms. The highest BCUT2D eigenvalue weighted by Gasteiger charge is 2.15. The molecule has 0 amide bonds. The summed E-state index contributed by atoms with van der Waals surface area (Å²) in [6, 6.07) is 4.42. The lowest BCUT2D eigenvalue weighted by Crippen LogP contribution is -2.05. The SMILES string of the molecule is Cc1nn(C)c(C)c1CCC(=O)c1cc(Br)ccc1F. The summed E-state index contributed by atoms with van der Waals surface area (Å²) >= 11 is 3.25. The molecule has 5 heteroatoms. The maximum atomic E-state index is 13.7. The van der Waals surface area contributed by atoms with Gasteiger partial charge in [-0.05, 0) is 44.0 Å². The predicted molar refractivity (Wildman–Crippen MR) is 79.4 cm³/mol. The van der Waals surface area contributed by atoms with Crippen molar-refractivity contribution in [2.45, 2.75) is 26.7 Å². The van der Waals surface area contributed by atoms with E-state index in [-0.39, 0.29) is 17.8 Å². The average molecular weight is 339 g/mol. The average Bonchev–Trinajstić information content (AvgIpc) is 2.64. The van der Waals surface area contributed by atoms with E-state index >= 15 is 0 Å². The van der Waals surface area contributed by atoms with Crippen molar-refractivity contribution in [1.82, 2.24) is 9.78 Å². The van der Waals surface area contributed by atoms with Gasteiger partial charge in [-0.15, -0.1) is 0 Å². The number of rotatable bonds is 4. The molecule has 1 aromatic carbocycles. The van der Waals surface area contributed by atoms with Crippen LogP contribution in [-0.2, 0) is 13.5 Å². The van der Waals surface area contributed by atoms with E-state index in [1.807, 2.05) is 20.9 Å². The first-order valence-electron chi connectivity index (χ1n) is 6.37. The fraction of sp³-hybridized carbons (Fsp3) is 0.333. The summed E-state index contributed by atoms with van der Waals surface area (Å²) in [5.74, 6) is -0.663. The van der Waals surface area contributed by atoms with E-state index in [2.05, 4.69) is 21.0 Å². The molecular formula is C15H16BrFN2O. The zero-order chi connectivity index (χ0) is 14.9. The first kappa shape index (κ1) is 14.9. The van der Waals surface area contributed by atoms with E-state index in [9.17, 15) is 9.18 Å². The highest BCUT2D eigenvalue weighted by molar-refractivity contribution is 9.10. The Bertz CT molecular complexity index is 664. The van der Waals surface area contributed by atoms with Crippen molar-refractivity contribution in [1.29, 1.82) is 0 Å². The van der Waals surface area contributed by atoms with E-state index in [1.165, 1.54) is 12.1 Å². The number of benzene rings is 1. The van der Waals surface area contributed by atoms with E-state index in [1.54, 1.807) is 10.7 Å². The molecular weight excluding hydrogens is 323 g/mol. The van der Waals surface area contributed by atoms with Crippen LogP contribution >= 0.6 is 15.9 Å². The Morgan fingerprint density at radius 1 is 1.40 bits per heavy atom. The molecule has 0 aliphatic heterocycles. The summed E-state index contributed by atoms with van der Waals surface area (Å²) < 4.78 is 16.2. The maximum Gasteiger partial charge on any atom is 0.166 e. The molecule has 0 saturated carbocycles. The van der Waals surface area contributed by atoms with Crippen molar-refractivity contribution in [3.63, 3.8) is 0 Å². The molecule has 0 unspecified atom stereocenters. The Morgan fingerprint density at radius 3 is 2.70 bits per heavy atom. The number of ketones is 1. The van der Waals surface area contributed by atoms with Crippen LogP contribution in [0.1, 0.15) is 33.7 Å². The third-order valence-electron chi connectivity index (χ3n) is 3.49. The molecule has 0 spiro atoms. The summed E-state index contributed by atoms with van der Waals surface area (Å²) in [6.07, 6.45) is 0.858. The second kappa shape index (κ2) is 5.87. The van der Waals surface area contributed by atoms with Crippen LogP contribution in [0.25, 0.3) is 0 Å². The molecule has 1 aromatic heterocycles. The topological polar surface area (TPSA) is 34.9 Å². The zero-order valence-electron chi connectivity index (χ0n) is 11.7. The van der Waals surface area contributed by atoms with Gasteiger partial charge in [-0.25, -0.2) is 4.39 Å². The standard InChI is InChI=1S/C15H16BrFN2O/c1-9-12(10(2)19(3)18-9)5-7-15(20)13-8-11(16)4-6-14(13)17/h4,6,8H,5,7H2,1-3H3. The van der Waals surface area contributed by atoms with Crippen LogP contribution in [-0.4, -0.2) is 15.6 Å². The van der Waals surface area contributed by atoms with Crippen LogP contribution in [0.5, 0.6) is 0 Å². The van der Waals surface area contributed by atoms with Crippen LogP contribution in [0.2, 0.25) is 0 Å². The minimum Gasteiger partial charge on any atom is -0.294 e. The third-order valence-corrected chi connectivity index (χ3v) is 3.98. The molecule has 0 fully saturated rings. The normalized spacial score (nSPS) is 10.8. The first-order valence-corrected chi connectivity index (χ1v) is 7.16. The predicted octanol–water partition coefficient (Wildman–Crippen LogP) is 3.75. The van der Waals surface area contributed by atoms with Crippen molar-refractivity contribution >= 4 is 21.7 Å². The highest BCUT2D eigenvalue weighted by Crippen LogP contribution is 2.19. The quantitative estimate of drug-likeness (QED) is 0.795. The summed E-state index contributed by atoms with van der Waals surface area (Å²) in [4.78, 5) is 12.1. The summed E-state index contributed by atoms with van der Waals surface area (Å²) in [7, 11) is 1.88. The van der Waals surface area contributed by atoms with Crippen molar-refractivity contribution in [3.05, 3.63) is 51.0 Å². The van der Waals surface area contributed by atoms with Gasteiger partial charge in [0, 0.05) is 23.6 Å². The second-order valence-corrected chi connectivity index (χ2v) is 5.74. The Kier molecular flexibility index (Phi) is 4.38. The smallest absolute Gasteiger partial charge is 0.166 e. The molecule has 106 valence electrons. The molecule has 0 atom stereocenters. The van der Waals surface area contributed by atoms with Gasteiger partial charge in [0.25, 0.3) is 0 Å². The minimum atomic E-state index is -0.474. The molecule has 0 aliphatic rings. The van der Waals surface area contributed by atoms with Gasteiger partial charge >= 0.3 is 0 Å². The van der Waals surface area contributed by atoms with Crippen LogP contribution in [0, 0.1) is 19.7 Å². The number of nitrogens with zero attached hydrogens (tertiary/aromatic N) is 2. The molecule has 0 N–H and O–H groups in total. The lowest BCUT2D eigenvalue weighted by molar-refractivity contribution is 0.0979. The van der Waals surface area contributed by atoms with Crippen molar-refractivity contribution in [2.24, 2.45) is 7.05 Å². The number of halogens is 2. The van der Waals surface area contributed by atoms with E-state index in [0.717, 1.165) is 17.0 Å². The van der Waals surface area contributed by atoms with Crippen LogP contribution in [0.15, 0.2) is 22.7 Å². The van der Waals surface area contributed by atoms with Crippen LogP contribution < -0.4 is 0 Å². The molecule has 0 radical (unpaired) electrons. The van der Waals surface area contributed by atoms with Crippen LogP contribution in [0.3, 0.4) is 0 Å². The molecule has 2 aromatic rings. The zero-order valence-corrected chi connectivity index (χ0v) is 13.3. The van der Waals surface area contributed by atoms with Gasteiger partial charge in [0.1, 0.15) is 5.82 Å². The summed E-state index contributed by atoms with van der Waals surface area (Å²) in [5.41, 5.74) is 3.17. The van der Waals surface area contributed by atoms with Gasteiger partial charge in [-0.3, -0.25) is 9.48 Å². The molecule has 0 aliphatic carbocycles. The van der Waals surface area contributed by atoms with E-state index < -0.39 is 5.82 Å². The number of hydrogen-bond donors (Lipinski definition) is 0. The number of hydrogen-bond acceptors (Lipinski definition) is 2. The van der Waals surface area contributed by atoms with Gasteiger partial charge in [-0.1, -0.05) is 15.9 Å². The van der Waals surface area contributed by atoms with Crippen molar-refractivity contribution < 1.29 is 9.18 Å². The number of aryl methyl sites for hydroxylation is 2. The third kappa shape index (κ3) is 2.98. The number of Topliss-reactive ketones (excluding diaryl/α,β-unsaturated/α-hetero) is 1. The monoisotopic (exact) mass is 338 g/mol. The van der Waals surface area contributed by atoms with Gasteiger partial charge in [0.05, 0.1) is 11.3 Å². The molecule has 2 rings (SSSR count). The molecule has 20 heavy (non-hydrogen) atoms. The largest absolute Gasteiger partial charge is 0.294 e. The lowest BCUT2D eigenvalue weighted by atomic mass is 10.0. The van der Waals surface area contributed by atoms with Gasteiger partial charge in [0.2, 0.25) is 0 Å². The fourth-order valence-electron chi connectivity index (χ4n) is 2.26. The number of carbonyl (C=O) groups is 1. The number of carbonyl (C=O) groups excluding carboxylic acids is 1. The first-order chi connectivity index (χ1) is 9.40. The van der Waals surface area contributed by atoms with E-state index in [4.69, 9.17) is 0 Å². The van der Waals surface area contributed by atoms with Gasteiger partial charge in [-0.2, -0.15) is 5.10 Å². The van der Waals surface area contributed by atoms with Gasteiger partial charge < -0.3 is 0 Å². The van der Waals surface area contributed by atoms with Crippen LogP contribution in [0.4, 0.5) is 4.39 Å². The molecule has 0 saturated heterocycles. The maximum absolute atomic E-state index is 13.7. The lowest BCUT2D eigenvalue weighted by Gasteiger charge is -2.04. The fourth-order valence-corrected chi connectivity index (χ4v) is 2.62. The second-order valence-electron chi connectivity index (χ2n) is 4.82. The molecule has 1 heterocycles. The Morgan fingerprint density at radius 2 is 2.10 bits per heavy atom. The van der Waals surface area contributed by atoms with Crippen molar-refractivity contribution in [3.8, 4) is 0 Å². The Labute approximate surface area is 125 Å².